The lowest BCUT2D eigenvalue weighted by Gasteiger charge is -2.14. The predicted molar refractivity (Wildman–Crippen MR) is 119 cm³/mol. The van der Waals surface area contributed by atoms with E-state index in [0.717, 1.165) is 32.7 Å². The van der Waals surface area contributed by atoms with Crippen LogP contribution in [0.5, 0.6) is 0 Å². The number of aryl methyl sites for hydroxylation is 2. The van der Waals surface area contributed by atoms with Crippen LogP contribution in [-0.4, -0.2) is 31.3 Å². The summed E-state index contributed by atoms with van der Waals surface area (Å²) in [6, 6.07) is 9.60. The summed E-state index contributed by atoms with van der Waals surface area (Å²) in [4.78, 5) is 13.3. The SMILES string of the molecule is Cc1ccc(CNc2nc(NCC(N)c3cccnc3)nc3c2cnn3C)cc1Cl. The molecule has 0 saturated carbocycles. The van der Waals surface area contributed by atoms with Crippen LogP contribution in [-0.2, 0) is 13.6 Å². The number of nitrogens with two attached hydrogens (primary N) is 1. The van der Waals surface area contributed by atoms with Gasteiger partial charge in [-0.25, -0.2) is 0 Å². The van der Waals surface area contributed by atoms with E-state index in [-0.39, 0.29) is 6.04 Å². The summed E-state index contributed by atoms with van der Waals surface area (Å²) in [5.74, 6) is 1.18. The second-order valence-electron chi connectivity index (χ2n) is 7.11. The third-order valence-electron chi connectivity index (χ3n) is 4.88. The zero-order valence-electron chi connectivity index (χ0n) is 16.8. The molecule has 0 aliphatic heterocycles. The molecular formula is C21H23ClN8. The van der Waals surface area contributed by atoms with Gasteiger partial charge in [0.15, 0.2) is 5.65 Å². The molecule has 1 atom stereocenters. The summed E-state index contributed by atoms with van der Waals surface area (Å²) < 4.78 is 1.72. The molecule has 4 rings (SSSR count). The van der Waals surface area contributed by atoms with Crippen LogP contribution in [0.1, 0.15) is 22.7 Å². The Labute approximate surface area is 179 Å². The molecule has 0 saturated heterocycles. The van der Waals surface area contributed by atoms with E-state index in [9.17, 15) is 0 Å². The number of halogens is 1. The molecule has 0 aliphatic rings. The molecule has 0 spiro atoms. The van der Waals surface area contributed by atoms with E-state index >= 15 is 0 Å². The Kier molecular flexibility index (Phi) is 5.78. The summed E-state index contributed by atoms with van der Waals surface area (Å²) in [5, 5.41) is 12.5. The molecule has 9 heteroatoms. The maximum atomic E-state index is 6.26. The fourth-order valence-corrected chi connectivity index (χ4v) is 3.29. The Morgan fingerprint density at radius 2 is 2.03 bits per heavy atom. The van der Waals surface area contributed by atoms with E-state index in [4.69, 9.17) is 17.3 Å². The van der Waals surface area contributed by atoms with Crippen molar-refractivity contribution in [2.24, 2.45) is 12.8 Å². The first-order chi connectivity index (χ1) is 14.5. The zero-order valence-corrected chi connectivity index (χ0v) is 17.6. The van der Waals surface area contributed by atoms with E-state index < -0.39 is 0 Å². The van der Waals surface area contributed by atoms with Crippen molar-refractivity contribution in [2.45, 2.75) is 19.5 Å². The third kappa shape index (κ3) is 4.34. The summed E-state index contributed by atoms with van der Waals surface area (Å²) >= 11 is 6.25. The fourth-order valence-electron chi connectivity index (χ4n) is 3.08. The van der Waals surface area contributed by atoms with E-state index in [1.807, 2.05) is 44.3 Å². The first-order valence-electron chi connectivity index (χ1n) is 9.59. The van der Waals surface area contributed by atoms with Gasteiger partial charge < -0.3 is 16.4 Å². The Morgan fingerprint density at radius 1 is 1.17 bits per heavy atom. The van der Waals surface area contributed by atoms with Gasteiger partial charge in [0.1, 0.15) is 5.82 Å². The molecule has 0 fully saturated rings. The molecule has 1 unspecified atom stereocenters. The van der Waals surface area contributed by atoms with Crippen LogP contribution >= 0.6 is 11.6 Å². The summed E-state index contributed by atoms with van der Waals surface area (Å²) in [5.41, 5.74) is 10.0. The van der Waals surface area contributed by atoms with Crippen molar-refractivity contribution in [2.75, 3.05) is 17.2 Å². The first kappa shape index (κ1) is 20.1. The highest BCUT2D eigenvalue weighted by molar-refractivity contribution is 6.31. The van der Waals surface area contributed by atoms with Crippen LogP contribution in [0.2, 0.25) is 5.02 Å². The maximum Gasteiger partial charge on any atom is 0.226 e. The Morgan fingerprint density at radius 3 is 2.80 bits per heavy atom. The number of nitrogens with zero attached hydrogens (tertiary/aromatic N) is 5. The Hall–Kier alpha value is -3.23. The summed E-state index contributed by atoms with van der Waals surface area (Å²) in [7, 11) is 1.85. The second kappa shape index (κ2) is 8.64. The minimum absolute atomic E-state index is 0.226. The first-order valence-corrected chi connectivity index (χ1v) is 9.97. The van der Waals surface area contributed by atoms with Crippen LogP contribution in [0.15, 0.2) is 48.9 Å². The molecule has 8 nitrogen and oxygen atoms in total. The van der Waals surface area contributed by atoms with Crippen molar-refractivity contribution in [3.8, 4) is 0 Å². The van der Waals surface area contributed by atoms with Crippen molar-refractivity contribution in [1.29, 1.82) is 0 Å². The molecule has 3 aromatic heterocycles. The molecule has 4 N–H and O–H groups in total. The number of pyridine rings is 1. The molecule has 154 valence electrons. The summed E-state index contributed by atoms with van der Waals surface area (Å²) in [6.45, 7) is 3.04. The van der Waals surface area contributed by atoms with Crippen molar-refractivity contribution >= 4 is 34.4 Å². The largest absolute Gasteiger partial charge is 0.365 e. The molecule has 0 radical (unpaired) electrons. The van der Waals surface area contributed by atoms with Gasteiger partial charge >= 0.3 is 0 Å². The van der Waals surface area contributed by atoms with Gasteiger partial charge in [-0.3, -0.25) is 9.67 Å². The maximum absolute atomic E-state index is 6.26. The topological polar surface area (TPSA) is 107 Å². The molecule has 0 bridgehead atoms. The van der Waals surface area contributed by atoms with Gasteiger partial charge in [-0.15, -0.1) is 0 Å². The Balaban J connectivity index is 1.54. The molecule has 30 heavy (non-hydrogen) atoms. The lowest BCUT2D eigenvalue weighted by atomic mass is 10.1. The predicted octanol–water partition coefficient (Wildman–Crippen LogP) is 3.44. The number of benzene rings is 1. The monoisotopic (exact) mass is 422 g/mol. The van der Waals surface area contributed by atoms with Crippen molar-refractivity contribution < 1.29 is 0 Å². The van der Waals surface area contributed by atoms with E-state index in [0.29, 0.717) is 24.9 Å². The van der Waals surface area contributed by atoms with Gasteiger partial charge in [0.05, 0.1) is 11.6 Å². The number of hydrogen-bond acceptors (Lipinski definition) is 7. The van der Waals surface area contributed by atoms with Gasteiger partial charge in [0.2, 0.25) is 5.95 Å². The van der Waals surface area contributed by atoms with Gasteiger partial charge in [-0.1, -0.05) is 29.8 Å². The lowest BCUT2D eigenvalue weighted by Crippen LogP contribution is -2.22. The number of aromatic nitrogens is 5. The van der Waals surface area contributed by atoms with Crippen LogP contribution < -0.4 is 16.4 Å². The normalized spacial score (nSPS) is 12.1. The Bertz CT molecular complexity index is 1160. The summed E-state index contributed by atoms with van der Waals surface area (Å²) in [6.07, 6.45) is 5.24. The minimum Gasteiger partial charge on any atom is -0.365 e. The van der Waals surface area contributed by atoms with Crippen molar-refractivity contribution in [1.82, 2.24) is 24.7 Å². The molecular weight excluding hydrogens is 400 g/mol. The van der Waals surface area contributed by atoms with Crippen LogP contribution in [0.4, 0.5) is 11.8 Å². The van der Waals surface area contributed by atoms with E-state index in [1.165, 1.54) is 0 Å². The number of fused-ring (bicyclic) bond motifs is 1. The highest BCUT2D eigenvalue weighted by Gasteiger charge is 2.13. The van der Waals surface area contributed by atoms with Crippen LogP contribution in [0.3, 0.4) is 0 Å². The average molecular weight is 423 g/mol. The van der Waals surface area contributed by atoms with Crippen LogP contribution in [0.25, 0.3) is 11.0 Å². The number of nitrogens with one attached hydrogen (secondary N) is 2. The molecule has 1 aromatic carbocycles. The van der Waals surface area contributed by atoms with Crippen molar-refractivity contribution in [3.05, 3.63) is 70.6 Å². The average Bonchev–Trinajstić information content (AvgIpc) is 3.14. The second-order valence-corrected chi connectivity index (χ2v) is 7.52. The van der Waals surface area contributed by atoms with E-state index in [2.05, 4.69) is 30.7 Å². The number of rotatable bonds is 7. The number of anilines is 2. The molecule has 0 aliphatic carbocycles. The highest BCUT2D eigenvalue weighted by Crippen LogP contribution is 2.23. The zero-order chi connectivity index (χ0) is 21.1. The van der Waals surface area contributed by atoms with Gasteiger partial charge in [0, 0.05) is 43.6 Å². The molecule has 0 amide bonds. The molecule has 4 aromatic rings. The minimum atomic E-state index is -0.226. The van der Waals surface area contributed by atoms with Crippen molar-refractivity contribution in [3.63, 3.8) is 0 Å². The smallest absolute Gasteiger partial charge is 0.226 e. The quantitative estimate of drug-likeness (QED) is 0.418. The van der Waals surface area contributed by atoms with Crippen LogP contribution in [0, 0.1) is 6.92 Å². The van der Waals surface area contributed by atoms with E-state index in [1.54, 1.807) is 23.3 Å². The highest BCUT2D eigenvalue weighted by atomic mass is 35.5. The van der Waals surface area contributed by atoms with Gasteiger partial charge in [-0.2, -0.15) is 15.1 Å². The van der Waals surface area contributed by atoms with Gasteiger partial charge in [-0.05, 0) is 35.7 Å². The lowest BCUT2D eigenvalue weighted by molar-refractivity contribution is 0.752. The fraction of sp³-hybridized carbons (Fsp3) is 0.238. The molecule has 3 heterocycles. The van der Waals surface area contributed by atoms with Gasteiger partial charge in [0.25, 0.3) is 0 Å². The third-order valence-corrected chi connectivity index (χ3v) is 5.29. The number of hydrogen-bond donors (Lipinski definition) is 3. The standard InChI is InChI=1S/C21H23ClN8/c1-13-5-6-14(8-17(13)22)9-25-19-16-11-27-30(2)20(16)29-21(28-19)26-12-18(23)15-4-3-7-24-10-15/h3-8,10-11,18H,9,12,23H2,1-2H3,(H2,25,26,28,29).